The van der Waals surface area contributed by atoms with Gasteiger partial charge in [-0.3, -0.25) is 4.79 Å². The van der Waals surface area contributed by atoms with Crippen molar-refractivity contribution in [3.05, 3.63) is 35.4 Å². The average molecular weight is 341 g/mol. The number of nitrogens with one attached hydrogen (secondary N) is 1. The van der Waals surface area contributed by atoms with Crippen LogP contribution in [0.1, 0.15) is 11.1 Å². The zero-order valence-electron chi connectivity index (χ0n) is 10.8. The number of amides is 1. The predicted molar refractivity (Wildman–Crippen MR) is 62.8 cm³/mol. The number of carbonyl (C=O) groups excluding carboxylic acids is 1. The first kappa shape index (κ1) is 18.4. The highest BCUT2D eigenvalue weighted by Crippen LogP contribution is 2.46. The van der Waals surface area contributed by atoms with Crippen molar-refractivity contribution < 1.29 is 35.5 Å². The SMILES string of the molecule is N#Cc1ccc(/C=N/NC(=O)C(F)(F)C(F)(F)C(F)(F)F)cc1. The third-order valence-corrected chi connectivity index (χ3v) is 2.46. The molecular formula is C12H6F7N3O. The molecule has 4 nitrogen and oxygen atoms in total. The van der Waals surface area contributed by atoms with Gasteiger partial charge in [-0.2, -0.15) is 41.1 Å². The largest absolute Gasteiger partial charge is 0.460 e. The number of hydrogen-bond acceptors (Lipinski definition) is 3. The van der Waals surface area contributed by atoms with Gasteiger partial charge in [0.15, 0.2) is 0 Å². The number of halogens is 7. The summed E-state index contributed by atoms with van der Waals surface area (Å²) in [5.41, 5.74) is 1.34. The summed E-state index contributed by atoms with van der Waals surface area (Å²) in [6, 6.07) is 6.93. The Morgan fingerprint density at radius 3 is 2.04 bits per heavy atom. The number of hydrogen-bond donors (Lipinski definition) is 1. The molecule has 1 aromatic carbocycles. The van der Waals surface area contributed by atoms with Gasteiger partial charge < -0.3 is 0 Å². The number of rotatable bonds is 4. The molecule has 0 atom stereocenters. The smallest absolute Gasteiger partial charge is 0.266 e. The zero-order chi connectivity index (χ0) is 17.9. The Balaban J connectivity index is 2.82. The summed E-state index contributed by atoms with van der Waals surface area (Å²) in [4.78, 5) is 10.9. The van der Waals surface area contributed by atoms with E-state index in [2.05, 4.69) is 5.10 Å². The van der Waals surface area contributed by atoms with Crippen LogP contribution in [0.25, 0.3) is 0 Å². The Labute approximate surface area is 124 Å². The molecule has 0 saturated carbocycles. The lowest BCUT2D eigenvalue weighted by atomic mass is 10.1. The van der Waals surface area contributed by atoms with Gasteiger partial charge in [0.1, 0.15) is 0 Å². The molecule has 0 unspecified atom stereocenters. The minimum Gasteiger partial charge on any atom is -0.266 e. The summed E-state index contributed by atoms with van der Waals surface area (Å²) in [5, 5.41) is 11.4. The van der Waals surface area contributed by atoms with E-state index in [4.69, 9.17) is 5.26 Å². The molecule has 0 fully saturated rings. The monoisotopic (exact) mass is 341 g/mol. The fourth-order valence-corrected chi connectivity index (χ4v) is 1.20. The minimum atomic E-state index is -6.61. The van der Waals surface area contributed by atoms with Crippen LogP contribution in [0, 0.1) is 11.3 Å². The maximum absolute atomic E-state index is 12.9. The van der Waals surface area contributed by atoms with E-state index in [0.717, 1.165) is 11.6 Å². The maximum atomic E-state index is 12.9. The van der Waals surface area contributed by atoms with E-state index in [1.54, 1.807) is 6.07 Å². The highest BCUT2D eigenvalue weighted by molar-refractivity contribution is 5.86. The second-order valence-electron chi connectivity index (χ2n) is 4.08. The molecule has 1 rings (SSSR count). The molecule has 0 aliphatic rings. The molecule has 1 aromatic rings. The molecule has 0 heterocycles. The summed E-state index contributed by atoms with van der Waals surface area (Å²) in [6.45, 7) is 0. The van der Waals surface area contributed by atoms with E-state index < -0.39 is 23.9 Å². The first-order chi connectivity index (χ1) is 10.4. The average Bonchev–Trinajstić information content (AvgIpc) is 2.46. The fraction of sp³-hybridized carbons (Fsp3) is 0.250. The molecule has 0 radical (unpaired) electrons. The van der Waals surface area contributed by atoms with E-state index in [1.165, 1.54) is 24.3 Å². The highest BCUT2D eigenvalue weighted by Gasteiger charge is 2.76. The second-order valence-corrected chi connectivity index (χ2v) is 4.08. The van der Waals surface area contributed by atoms with Crippen LogP contribution < -0.4 is 5.43 Å². The van der Waals surface area contributed by atoms with E-state index in [-0.39, 0.29) is 11.1 Å². The summed E-state index contributed by atoms with van der Waals surface area (Å²) in [6.07, 6.45) is -5.88. The number of nitriles is 1. The van der Waals surface area contributed by atoms with Gasteiger partial charge in [-0.25, -0.2) is 5.43 Å². The first-order valence-electron chi connectivity index (χ1n) is 5.59. The molecule has 1 amide bonds. The maximum Gasteiger partial charge on any atom is 0.460 e. The van der Waals surface area contributed by atoms with Crippen molar-refractivity contribution in [3.63, 3.8) is 0 Å². The standard InChI is InChI=1S/C12H6F7N3O/c13-10(14,11(15,16)12(17,18)19)9(23)22-21-6-8-3-1-7(5-20)2-4-8/h1-4,6H,(H,22,23)/b21-6+. The van der Waals surface area contributed by atoms with Crippen LogP contribution in [0.3, 0.4) is 0 Å². The number of alkyl halides is 7. The van der Waals surface area contributed by atoms with E-state index in [9.17, 15) is 35.5 Å². The molecule has 0 aliphatic heterocycles. The molecule has 124 valence electrons. The van der Waals surface area contributed by atoms with Gasteiger partial charge in [-0.1, -0.05) is 12.1 Å². The van der Waals surface area contributed by atoms with Crippen molar-refractivity contribution in [1.29, 1.82) is 5.26 Å². The van der Waals surface area contributed by atoms with Crippen molar-refractivity contribution in [1.82, 2.24) is 5.43 Å². The lowest BCUT2D eigenvalue weighted by Crippen LogP contribution is -2.58. The molecule has 0 bridgehead atoms. The third-order valence-electron chi connectivity index (χ3n) is 2.46. The van der Waals surface area contributed by atoms with Gasteiger partial charge in [0.05, 0.1) is 17.8 Å². The van der Waals surface area contributed by atoms with Gasteiger partial charge in [-0.15, -0.1) is 0 Å². The molecule has 11 heteroatoms. The normalized spacial score (nSPS) is 13.0. The first-order valence-corrected chi connectivity index (χ1v) is 5.59. The zero-order valence-corrected chi connectivity index (χ0v) is 10.8. The number of hydrazone groups is 1. The van der Waals surface area contributed by atoms with Crippen LogP contribution in [-0.4, -0.2) is 30.1 Å². The van der Waals surface area contributed by atoms with Crippen LogP contribution >= 0.6 is 0 Å². The van der Waals surface area contributed by atoms with Crippen molar-refractivity contribution in [2.45, 2.75) is 18.0 Å². The van der Waals surface area contributed by atoms with E-state index in [1.807, 2.05) is 0 Å². The van der Waals surface area contributed by atoms with Crippen LogP contribution in [0.2, 0.25) is 0 Å². The van der Waals surface area contributed by atoms with E-state index in [0.29, 0.717) is 0 Å². The minimum absolute atomic E-state index is 0.176. The van der Waals surface area contributed by atoms with Crippen molar-refractivity contribution >= 4 is 12.1 Å². The quantitative estimate of drug-likeness (QED) is 0.520. The second kappa shape index (κ2) is 6.23. The summed E-state index contributed by atoms with van der Waals surface area (Å²) in [5.74, 6) is -15.5. The molecule has 0 aromatic heterocycles. The Hall–Kier alpha value is -2.64. The third kappa shape index (κ3) is 3.77. The fourth-order valence-electron chi connectivity index (χ4n) is 1.20. The van der Waals surface area contributed by atoms with Gasteiger partial charge >= 0.3 is 23.9 Å². The van der Waals surface area contributed by atoms with Crippen molar-refractivity contribution in [2.75, 3.05) is 0 Å². The van der Waals surface area contributed by atoms with Crippen LogP contribution in [-0.2, 0) is 4.79 Å². The molecule has 23 heavy (non-hydrogen) atoms. The molecule has 0 aliphatic carbocycles. The molecule has 1 N–H and O–H groups in total. The predicted octanol–water partition coefficient (Wildman–Crippen LogP) is 2.84. The number of nitrogens with zero attached hydrogens (tertiary/aromatic N) is 2. The van der Waals surface area contributed by atoms with Crippen LogP contribution in [0.4, 0.5) is 30.7 Å². The van der Waals surface area contributed by atoms with Crippen molar-refractivity contribution in [3.8, 4) is 6.07 Å². The van der Waals surface area contributed by atoms with Gasteiger partial charge in [0.25, 0.3) is 0 Å². The van der Waals surface area contributed by atoms with Crippen LogP contribution in [0.5, 0.6) is 0 Å². The topological polar surface area (TPSA) is 65.2 Å². The summed E-state index contributed by atoms with van der Waals surface area (Å²) in [7, 11) is 0. The Kier molecular flexibility index (Phi) is 4.99. The van der Waals surface area contributed by atoms with Crippen LogP contribution in [0.15, 0.2) is 29.4 Å². The van der Waals surface area contributed by atoms with Gasteiger partial charge in [0.2, 0.25) is 0 Å². The summed E-state index contributed by atoms with van der Waals surface area (Å²) < 4.78 is 86.6. The Bertz CT molecular complexity index is 644. The Morgan fingerprint density at radius 2 is 1.61 bits per heavy atom. The van der Waals surface area contributed by atoms with E-state index >= 15 is 0 Å². The lowest BCUT2D eigenvalue weighted by Gasteiger charge is -2.26. The van der Waals surface area contributed by atoms with Gasteiger partial charge in [-0.05, 0) is 17.7 Å². The Morgan fingerprint density at radius 1 is 1.09 bits per heavy atom. The van der Waals surface area contributed by atoms with Crippen molar-refractivity contribution in [2.24, 2.45) is 5.10 Å². The summed E-state index contributed by atoms with van der Waals surface area (Å²) >= 11 is 0. The highest BCUT2D eigenvalue weighted by atomic mass is 19.4. The lowest BCUT2D eigenvalue weighted by molar-refractivity contribution is -0.344. The number of carbonyl (C=O) groups is 1. The molecular weight excluding hydrogens is 335 g/mol. The number of benzene rings is 1. The molecule has 0 spiro atoms. The molecule has 0 saturated heterocycles. The van der Waals surface area contributed by atoms with Gasteiger partial charge in [0, 0.05) is 0 Å².